The van der Waals surface area contributed by atoms with Crippen LogP contribution in [0.1, 0.15) is 20.3 Å². The summed E-state index contributed by atoms with van der Waals surface area (Å²) in [5, 5.41) is 11.2. The zero-order valence-electron chi connectivity index (χ0n) is 6.66. The first-order valence-corrected chi connectivity index (χ1v) is 3.50. The van der Waals surface area contributed by atoms with Gasteiger partial charge in [0.2, 0.25) is 0 Å². The first-order chi connectivity index (χ1) is 5.05. The number of allylic oxidation sites excluding steroid dienone is 2. The lowest BCUT2D eigenvalue weighted by molar-refractivity contribution is -0.114. The normalized spacial score (nSPS) is 26.0. The van der Waals surface area contributed by atoms with Crippen LogP contribution in [0.3, 0.4) is 0 Å². The van der Waals surface area contributed by atoms with Crippen LogP contribution in [-0.4, -0.2) is 16.7 Å². The monoisotopic (exact) mass is 153 g/mol. The van der Waals surface area contributed by atoms with E-state index in [4.69, 9.17) is 5.21 Å². The van der Waals surface area contributed by atoms with Gasteiger partial charge in [-0.25, -0.2) is 0 Å². The van der Waals surface area contributed by atoms with E-state index in [1.165, 1.54) is 0 Å². The minimum absolute atomic E-state index is 0.0920. The Morgan fingerprint density at radius 2 is 2.27 bits per heavy atom. The number of rotatable bonds is 0. The molecule has 0 saturated carbocycles. The number of Topliss-reactive ketones (excluding diaryl/α,β-unsaturated/α-hetero) is 1. The van der Waals surface area contributed by atoms with Crippen LogP contribution in [0.2, 0.25) is 0 Å². The lowest BCUT2D eigenvalue weighted by atomic mass is 9.82. The van der Waals surface area contributed by atoms with Gasteiger partial charge in [0, 0.05) is 6.42 Å². The highest BCUT2D eigenvalue weighted by Gasteiger charge is 2.25. The zero-order chi connectivity index (χ0) is 8.48. The predicted molar refractivity (Wildman–Crippen MR) is 41.8 cm³/mol. The Hall–Kier alpha value is -1.12. The summed E-state index contributed by atoms with van der Waals surface area (Å²) in [4.78, 5) is 11.1. The molecule has 11 heavy (non-hydrogen) atoms. The summed E-state index contributed by atoms with van der Waals surface area (Å²) in [6.45, 7) is 3.94. The van der Waals surface area contributed by atoms with Crippen LogP contribution in [0.5, 0.6) is 0 Å². The molecule has 0 fully saturated rings. The maximum Gasteiger partial charge on any atom is 0.185 e. The predicted octanol–water partition coefficient (Wildman–Crippen LogP) is 1.37. The second-order valence-corrected chi connectivity index (χ2v) is 3.41. The molecule has 1 N–H and O–H groups in total. The van der Waals surface area contributed by atoms with Crippen molar-refractivity contribution in [3.8, 4) is 0 Å². The van der Waals surface area contributed by atoms with Crippen LogP contribution in [0.15, 0.2) is 17.3 Å². The molecule has 0 aromatic rings. The van der Waals surface area contributed by atoms with Gasteiger partial charge in [-0.1, -0.05) is 25.1 Å². The van der Waals surface area contributed by atoms with Crippen molar-refractivity contribution in [3.05, 3.63) is 12.2 Å². The van der Waals surface area contributed by atoms with Gasteiger partial charge in [0.25, 0.3) is 0 Å². The summed E-state index contributed by atoms with van der Waals surface area (Å²) in [7, 11) is 0. The molecule has 60 valence electrons. The van der Waals surface area contributed by atoms with E-state index in [-0.39, 0.29) is 16.9 Å². The molecule has 1 rings (SSSR count). The van der Waals surface area contributed by atoms with Gasteiger partial charge < -0.3 is 5.21 Å². The highest BCUT2D eigenvalue weighted by molar-refractivity contribution is 6.44. The topological polar surface area (TPSA) is 49.7 Å². The van der Waals surface area contributed by atoms with Crippen molar-refractivity contribution in [1.82, 2.24) is 0 Å². The first kappa shape index (κ1) is 7.98. The van der Waals surface area contributed by atoms with Crippen LogP contribution in [0, 0.1) is 5.41 Å². The van der Waals surface area contributed by atoms with Gasteiger partial charge in [0.15, 0.2) is 5.78 Å². The summed E-state index contributed by atoms with van der Waals surface area (Å²) in [6, 6.07) is 0. The van der Waals surface area contributed by atoms with Crippen LogP contribution in [0.4, 0.5) is 0 Å². The van der Waals surface area contributed by atoms with E-state index in [9.17, 15) is 4.79 Å². The lowest BCUT2D eigenvalue weighted by Crippen LogP contribution is -2.25. The molecule has 0 atom stereocenters. The van der Waals surface area contributed by atoms with Gasteiger partial charge in [-0.15, -0.1) is 0 Å². The zero-order valence-corrected chi connectivity index (χ0v) is 6.66. The number of nitrogens with zero attached hydrogens (tertiary/aromatic N) is 1. The number of hydrogen-bond acceptors (Lipinski definition) is 3. The molecule has 0 radical (unpaired) electrons. The summed E-state index contributed by atoms with van der Waals surface area (Å²) >= 11 is 0. The minimum atomic E-state index is -0.0972. The quantitative estimate of drug-likeness (QED) is 0.422. The molecule has 0 aliphatic heterocycles. The average molecular weight is 153 g/mol. The molecule has 0 heterocycles. The third kappa shape index (κ3) is 1.67. The van der Waals surface area contributed by atoms with E-state index >= 15 is 0 Å². The minimum Gasteiger partial charge on any atom is -0.410 e. The molecule has 0 bridgehead atoms. The molecule has 0 saturated heterocycles. The van der Waals surface area contributed by atoms with E-state index in [0.29, 0.717) is 6.42 Å². The molecule has 0 aromatic heterocycles. The van der Waals surface area contributed by atoms with Crippen molar-refractivity contribution in [3.63, 3.8) is 0 Å². The average Bonchev–Trinajstić information content (AvgIpc) is 1.86. The molecular weight excluding hydrogens is 142 g/mol. The molecule has 0 amide bonds. The van der Waals surface area contributed by atoms with E-state index < -0.39 is 0 Å². The molecule has 0 unspecified atom stereocenters. The maximum absolute atomic E-state index is 11.1. The van der Waals surface area contributed by atoms with Crippen molar-refractivity contribution in [2.45, 2.75) is 20.3 Å². The van der Waals surface area contributed by atoms with Crippen molar-refractivity contribution in [2.75, 3.05) is 0 Å². The van der Waals surface area contributed by atoms with E-state index in [0.717, 1.165) is 0 Å². The SMILES string of the molecule is CC1(C)C=C/C(=N/O)C(=O)C1. The maximum atomic E-state index is 11.1. The van der Waals surface area contributed by atoms with Crippen molar-refractivity contribution < 1.29 is 10.0 Å². The highest BCUT2D eigenvalue weighted by Crippen LogP contribution is 2.26. The van der Waals surface area contributed by atoms with Gasteiger partial charge in [-0.3, -0.25) is 4.79 Å². The summed E-state index contributed by atoms with van der Waals surface area (Å²) < 4.78 is 0. The van der Waals surface area contributed by atoms with Gasteiger partial charge in [-0.2, -0.15) is 0 Å². The van der Waals surface area contributed by atoms with E-state index in [1.54, 1.807) is 6.08 Å². The number of carbonyl (C=O) groups is 1. The van der Waals surface area contributed by atoms with Crippen molar-refractivity contribution in [1.29, 1.82) is 0 Å². The number of hydrogen-bond donors (Lipinski definition) is 1. The summed E-state index contributed by atoms with van der Waals surface area (Å²) in [6.07, 6.45) is 3.86. The third-order valence-corrected chi connectivity index (χ3v) is 1.70. The molecule has 0 spiro atoms. The molecule has 1 aliphatic rings. The summed E-state index contributed by atoms with van der Waals surface area (Å²) in [5.74, 6) is -0.0972. The Morgan fingerprint density at radius 1 is 1.64 bits per heavy atom. The highest BCUT2D eigenvalue weighted by atomic mass is 16.4. The fourth-order valence-electron chi connectivity index (χ4n) is 1.05. The van der Waals surface area contributed by atoms with Gasteiger partial charge in [0.05, 0.1) is 0 Å². The Balaban J connectivity index is 2.93. The molecule has 3 heteroatoms. The van der Waals surface area contributed by atoms with E-state index in [2.05, 4.69) is 5.16 Å². The van der Waals surface area contributed by atoms with Crippen LogP contribution in [-0.2, 0) is 4.79 Å². The summed E-state index contributed by atoms with van der Waals surface area (Å²) in [5.41, 5.74) is 0.0648. The molecule has 3 nitrogen and oxygen atoms in total. The second-order valence-electron chi connectivity index (χ2n) is 3.41. The van der Waals surface area contributed by atoms with Crippen molar-refractivity contribution in [2.24, 2.45) is 10.6 Å². The Labute approximate surface area is 65.4 Å². The number of oxime groups is 1. The number of ketones is 1. The van der Waals surface area contributed by atoms with Gasteiger partial charge >= 0.3 is 0 Å². The first-order valence-electron chi connectivity index (χ1n) is 3.50. The lowest BCUT2D eigenvalue weighted by Gasteiger charge is -2.22. The molecular formula is C8H11NO2. The molecule has 0 aromatic carbocycles. The molecule has 1 aliphatic carbocycles. The van der Waals surface area contributed by atoms with Crippen molar-refractivity contribution >= 4 is 11.5 Å². The fourth-order valence-corrected chi connectivity index (χ4v) is 1.05. The second kappa shape index (κ2) is 2.49. The fraction of sp³-hybridized carbons (Fsp3) is 0.500. The number of carbonyl (C=O) groups excluding carboxylic acids is 1. The smallest absolute Gasteiger partial charge is 0.185 e. The van der Waals surface area contributed by atoms with E-state index in [1.807, 2.05) is 19.9 Å². The van der Waals surface area contributed by atoms with Gasteiger partial charge in [0.1, 0.15) is 5.71 Å². The standard InChI is InChI=1S/C8H11NO2/c1-8(2)4-3-6(9-11)7(10)5-8/h3-4,11H,5H2,1-2H3/b9-6-. The Kier molecular flexibility index (Phi) is 1.81. The van der Waals surface area contributed by atoms with Crippen LogP contribution in [0.25, 0.3) is 0 Å². The Bertz CT molecular complexity index is 238. The van der Waals surface area contributed by atoms with Gasteiger partial charge in [-0.05, 0) is 11.5 Å². The largest absolute Gasteiger partial charge is 0.410 e. The third-order valence-electron chi connectivity index (χ3n) is 1.70. The van der Waals surface area contributed by atoms with Crippen LogP contribution < -0.4 is 0 Å². The van der Waals surface area contributed by atoms with Crippen LogP contribution >= 0.6 is 0 Å². The Morgan fingerprint density at radius 3 is 2.73 bits per heavy atom.